The van der Waals surface area contributed by atoms with E-state index in [9.17, 15) is 0 Å². The van der Waals surface area contributed by atoms with Crippen LogP contribution >= 0.6 is 0 Å². The molecule has 1 atom stereocenters. The second-order valence-electron chi connectivity index (χ2n) is 5.08. The van der Waals surface area contributed by atoms with Gasteiger partial charge in [-0.1, -0.05) is 13.8 Å². The molecule has 3 N–H and O–H groups in total. The SMILES string of the molecule is COc1cc(OC)c2[nH]cc(C(CN)C(C)C)c2c1. The summed E-state index contributed by atoms with van der Waals surface area (Å²) in [5.41, 5.74) is 8.14. The average Bonchev–Trinajstić information content (AvgIpc) is 2.82. The lowest BCUT2D eigenvalue weighted by molar-refractivity contribution is 0.397. The first kappa shape index (κ1) is 13.7. The lowest BCUT2D eigenvalue weighted by Crippen LogP contribution is -2.17. The van der Waals surface area contributed by atoms with E-state index in [0.717, 1.165) is 22.4 Å². The highest BCUT2D eigenvalue weighted by atomic mass is 16.5. The van der Waals surface area contributed by atoms with Gasteiger partial charge in [0.1, 0.15) is 11.5 Å². The van der Waals surface area contributed by atoms with Crippen LogP contribution in [0.25, 0.3) is 10.9 Å². The van der Waals surface area contributed by atoms with Crippen molar-refractivity contribution in [2.24, 2.45) is 11.7 Å². The van der Waals surface area contributed by atoms with Gasteiger partial charge in [0.05, 0.1) is 19.7 Å². The van der Waals surface area contributed by atoms with Gasteiger partial charge >= 0.3 is 0 Å². The van der Waals surface area contributed by atoms with Crippen molar-refractivity contribution in [3.8, 4) is 11.5 Å². The number of aromatic nitrogens is 1. The summed E-state index contributed by atoms with van der Waals surface area (Å²) in [6.07, 6.45) is 2.03. The second-order valence-corrected chi connectivity index (χ2v) is 5.08. The maximum Gasteiger partial charge on any atom is 0.146 e. The fraction of sp³-hybridized carbons (Fsp3) is 0.467. The molecule has 0 radical (unpaired) electrons. The van der Waals surface area contributed by atoms with E-state index in [-0.39, 0.29) is 0 Å². The molecule has 1 aromatic heterocycles. The van der Waals surface area contributed by atoms with Gasteiger partial charge < -0.3 is 20.2 Å². The zero-order valence-corrected chi connectivity index (χ0v) is 12.0. The third kappa shape index (κ3) is 2.40. The molecule has 0 fully saturated rings. The Balaban J connectivity index is 2.63. The first-order valence-electron chi connectivity index (χ1n) is 6.55. The van der Waals surface area contributed by atoms with Gasteiger partial charge in [-0.15, -0.1) is 0 Å². The molecule has 1 unspecified atom stereocenters. The van der Waals surface area contributed by atoms with E-state index in [4.69, 9.17) is 15.2 Å². The fourth-order valence-electron chi connectivity index (χ4n) is 2.54. The minimum Gasteiger partial charge on any atom is -0.497 e. The Hall–Kier alpha value is -1.68. The van der Waals surface area contributed by atoms with Crippen molar-refractivity contribution in [1.82, 2.24) is 4.98 Å². The molecule has 0 amide bonds. The predicted molar refractivity (Wildman–Crippen MR) is 78.0 cm³/mol. The van der Waals surface area contributed by atoms with Crippen LogP contribution in [0, 0.1) is 5.92 Å². The normalized spacial score (nSPS) is 12.9. The summed E-state index contributed by atoms with van der Waals surface area (Å²) < 4.78 is 10.8. The topological polar surface area (TPSA) is 60.3 Å². The highest BCUT2D eigenvalue weighted by molar-refractivity contribution is 5.90. The molecule has 0 bridgehead atoms. The van der Waals surface area contributed by atoms with Gasteiger partial charge in [0.2, 0.25) is 0 Å². The lowest BCUT2D eigenvalue weighted by atomic mass is 9.88. The van der Waals surface area contributed by atoms with E-state index in [1.807, 2.05) is 18.3 Å². The van der Waals surface area contributed by atoms with Crippen molar-refractivity contribution in [3.63, 3.8) is 0 Å². The van der Waals surface area contributed by atoms with Crippen molar-refractivity contribution in [2.75, 3.05) is 20.8 Å². The Kier molecular flexibility index (Phi) is 4.00. The summed E-state index contributed by atoms with van der Waals surface area (Å²) in [6.45, 7) is 5.01. The second kappa shape index (κ2) is 5.53. The standard InChI is InChI=1S/C15H22N2O2/c1-9(2)12(7-16)13-8-17-15-11(13)5-10(18-3)6-14(15)19-4/h5-6,8-9,12,17H,7,16H2,1-4H3. The number of hydrogen-bond acceptors (Lipinski definition) is 3. The highest BCUT2D eigenvalue weighted by Crippen LogP contribution is 2.37. The maximum atomic E-state index is 5.92. The van der Waals surface area contributed by atoms with Gasteiger partial charge in [-0.2, -0.15) is 0 Å². The molecule has 0 aliphatic heterocycles. The molecule has 0 aliphatic rings. The molecule has 1 heterocycles. The number of H-pyrrole nitrogens is 1. The summed E-state index contributed by atoms with van der Waals surface area (Å²) in [7, 11) is 3.33. The molecule has 19 heavy (non-hydrogen) atoms. The van der Waals surface area contributed by atoms with Gasteiger partial charge in [0.25, 0.3) is 0 Å². The summed E-state index contributed by atoms with van der Waals surface area (Å²) in [6, 6.07) is 3.92. The number of rotatable bonds is 5. The van der Waals surface area contributed by atoms with Crippen LogP contribution in [0.3, 0.4) is 0 Å². The molecule has 4 heteroatoms. The van der Waals surface area contributed by atoms with E-state index < -0.39 is 0 Å². The monoisotopic (exact) mass is 262 g/mol. The molecule has 4 nitrogen and oxygen atoms in total. The van der Waals surface area contributed by atoms with Crippen LogP contribution in [-0.2, 0) is 0 Å². The lowest BCUT2D eigenvalue weighted by Gasteiger charge is -2.18. The van der Waals surface area contributed by atoms with Crippen LogP contribution in [0.1, 0.15) is 25.3 Å². The number of ether oxygens (including phenoxy) is 2. The van der Waals surface area contributed by atoms with E-state index in [0.29, 0.717) is 18.4 Å². The smallest absolute Gasteiger partial charge is 0.146 e. The molecule has 0 spiro atoms. The highest BCUT2D eigenvalue weighted by Gasteiger charge is 2.20. The molecular weight excluding hydrogens is 240 g/mol. The zero-order chi connectivity index (χ0) is 14.0. The largest absolute Gasteiger partial charge is 0.497 e. The Bertz CT molecular complexity index is 561. The van der Waals surface area contributed by atoms with Crippen molar-refractivity contribution in [2.45, 2.75) is 19.8 Å². The number of aromatic amines is 1. The Labute approximate surface area is 113 Å². The third-order valence-electron chi connectivity index (χ3n) is 3.67. The molecule has 104 valence electrons. The summed E-state index contributed by atoms with van der Waals surface area (Å²) >= 11 is 0. The van der Waals surface area contributed by atoms with Crippen molar-refractivity contribution < 1.29 is 9.47 Å². The number of methoxy groups -OCH3 is 2. The Morgan fingerprint density at radius 3 is 2.47 bits per heavy atom. The van der Waals surface area contributed by atoms with Crippen molar-refractivity contribution in [3.05, 3.63) is 23.9 Å². The summed E-state index contributed by atoms with van der Waals surface area (Å²) in [5, 5.41) is 1.13. The average molecular weight is 262 g/mol. The minimum atomic E-state index is 0.325. The van der Waals surface area contributed by atoms with Gasteiger partial charge in [0.15, 0.2) is 0 Å². The zero-order valence-electron chi connectivity index (χ0n) is 12.0. The number of hydrogen-bond donors (Lipinski definition) is 2. The number of fused-ring (bicyclic) bond motifs is 1. The molecule has 0 aliphatic carbocycles. The van der Waals surface area contributed by atoms with E-state index in [1.165, 1.54) is 5.56 Å². The molecule has 2 rings (SSSR count). The molecular formula is C15H22N2O2. The molecule has 0 saturated heterocycles. The summed E-state index contributed by atoms with van der Waals surface area (Å²) in [4.78, 5) is 3.29. The number of benzene rings is 1. The first-order chi connectivity index (χ1) is 9.12. The van der Waals surface area contributed by atoms with Gasteiger partial charge in [-0.3, -0.25) is 0 Å². The van der Waals surface area contributed by atoms with Crippen LogP contribution in [0.15, 0.2) is 18.3 Å². The first-order valence-corrected chi connectivity index (χ1v) is 6.55. The van der Waals surface area contributed by atoms with Crippen LogP contribution in [0.2, 0.25) is 0 Å². The van der Waals surface area contributed by atoms with Crippen molar-refractivity contribution in [1.29, 1.82) is 0 Å². The number of nitrogens with one attached hydrogen (secondary N) is 1. The van der Waals surface area contributed by atoms with E-state index in [1.54, 1.807) is 14.2 Å². The Morgan fingerprint density at radius 1 is 1.21 bits per heavy atom. The quantitative estimate of drug-likeness (QED) is 0.871. The van der Waals surface area contributed by atoms with Gasteiger partial charge in [-0.05, 0) is 24.1 Å². The van der Waals surface area contributed by atoms with Gasteiger partial charge in [0, 0.05) is 23.6 Å². The van der Waals surface area contributed by atoms with E-state index >= 15 is 0 Å². The molecule has 2 aromatic rings. The summed E-state index contributed by atoms with van der Waals surface area (Å²) in [5.74, 6) is 2.40. The van der Waals surface area contributed by atoms with Crippen molar-refractivity contribution >= 4 is 10.9 Å². The third-order valence-corrected chi connectivity index (χ3v) is 3.67. The minimum absolute atomic E-state index is 0.325. The fourth-order valence-corrected chi connectivity index (χ4v) is 2.54. The van der Waals surface area contributed by atoms with E-state index in [2.05, 4.69) is 18.8 Å². The van der Waals surface area contributed by atoms with Crippen LogP contribution in [-0.4, -0.2) is 25.7 Å². The molecule has 0 saturated carbocycles. The predicted octanol–water partition coefficient (Wildman–Crippen LogP) is 2.88. The van der Waals surface area contributed by atoms with Gasteiger partial charge in [-0.25, -0.2) is 0 Å². The van der Waals surface area contributed by atoms with Crippen LogP contribution < -0.4 is 15.2 Å². The maximum absolute atomic E-state index is 5.92. The number of nitrogens with two attached hydrogens (primary N) is 1. The van der Waals surface area contributed by atoms with Crippen LogP contribution in [0.4, 0.5) is 0 Å². The molecule has 1 aromatic carbocycles. The Morgan fingerprint density at radius 2 is 1.95 bits per heavy atom. The van der Waals surface area contributed by atoms with Crippen LogP contribution in [0.5, 0.6) is 11.5 Å².